The summed E-state index contributed by atoms with van der Waals surface area (Å²) in [5.41, 5.74) is 2.86. The number of carbonyl (C=O) groups is 2. The van der Waals surface area contributed by atoms with Gasteiger partial charge in [-0.1, -0.05) is 24.3 Å². The molecule has 1 aliphatic rings. The smallest absolute Gasteiger partial charge is 0.310 e. The molecule has 0 heterocycles. The highest BCUT2D eigenvalue weighted by Crippen LogP contribution is 2.22. The lowest BCUT2D eigenvalue weighted by Gasteiger charge is -2.16. The minimum atomic E-state index is -0.890. The van der Waals surface area contributed by atoms with E-state index >= 15 is 0 Å². The second kappa shape index (κ2) is 8.08. The number of rotatable bonds is 5. The summed E-state index contributed by atoms with van der Waals surface area (Å²) >= 11 is 0. The standard InChI is InChI=1S/C20H19F2NO3/c21-16-6-3-7-17(22)20(16)23-18(24)12-26-19(25)11-13-8-9-14-4-1-2-5-15(14)10-13/h3,6-10H,1-2,4-5,11-12H2,(H,23,24). The molecule has 0 spiro atoms. The first kappa shape index (κ1) is 18.0. The van der Waals surface area contributed by atoms with Crippen LogP contribution in [0.4, 0.5) is 14.5 Å². The number of anilines is 1. The number of benzene rings is 2. The van der Waals surface area contributed by atoms with Gasteiger partial charge in [0.15, 0.2) is 6.61 Å². The van der Waals surface area contributed by atoms with E-state index in [-0.39, 0.29) is 6.42 Å². The van der Waals surface area contributed by atoms with Crippen LogP contribution in [0.3, 0.4) is 0 Å². The van der Waals surface area contributed by atoms with E-state index in [2.05, 4.69) is 5.32 Å². The summed E-state index contributed by atoms with van der Waals surface area (Å²) < 4.78 is 31.9. The largest absolute Gasteiger partial charge is 0.455 e. The molecule has 0 unspecified atom stereocenters. The Labute approximate surface area is 150 Å². The number of aryl methyl sites for hydroxylation is 2. The minimum absolute atomic E-state index is 0.0502. The lowest BCUT2D eigenvalue weighted by atomic mass is 9.90. The Morgan fingerprint density at radius 2 is 1.69 bits per heavy atom. The zero-order valence-electron chi connectivity index (χ0n) is 14.2. The van der Waals surface area contributed by atoms with Crippen LogP contribution in [-0.2, 0) is 33.6 Å². The average Bonchev–Trinajstić information content (AvgIpc) is 2.63. The van der Waals surface area contributed by atoms with Crippen molar-refractivity contribution in [2.75, 3.05) is 11.9 Å². The average molecular weight is 359 g/mol. The summed E-state index contributed by atoms with van der Waals surface area (Å²) in [7, 11) is 0. The van der Waals surface area contributed by atoms with Gasteiger partial charge in [0, 0.05) is 0 Å². The number of hydrogen-bond donors (Lipinski definition) is 1. The van der Waals surface area contributed by atoms with Crippen LogP contribution in [0.5, 0.6) is 0 Å². The van der Waals surface area contributed by atoms with Gasteiger partial charge in [0.25, 0.3) is 5.91 Å². The molecular formula is C20H19F2NO3. The van der Waals surface area contributed by atoms with Gasteiger partial charge >= 0.3 is 5.97 Å². The summed E-state index contributed by atoms with van der Waals surface area (Å²) in [5.74, 6) is -3.14. The number of esters is 1. The van der Waals surface area contributed by atoms with Gasteiger partial charge in [-0.25, -0.2) is 8.78 Å². The van der Waals surface area contributed by atoms with Crippen molar-refractivity contribution in [3.63, 3.8) is 0 Å². The Kier molecular flexibility index (Phi) is 5.61. The second-order valence-electron chi connectivity index (χ2n) is 6.29. The van der Waals surface area contributed by atoms with Crippen LogP contribution in [0.2, 0.25) is 0 Å². The number of para-hydroxylation sites is 1. The highest BCUT2D eigenvalue weighted by Gasteiger charge is 2.15. The third-order valence-corrected chi connectivity index (χ3v) is 4.35. The molecule has 0 fully saturated rings. The molecule has 26 heavy (non-hydrogen) atoms. The highest BCUT2D eigenvalue weighted by molar-refractivity contribution is 5.93. The third-order valence-electron chi connectivity index (χ3n) is 4.35. The van der Waals surface area contributed by atoms with Crippen molar-refractivity contribution in [2.24, 2.45) is 0 Å². The van der Waals surface area contributed by atoms with E-state index < -0.39 is 35.8 Å². The molecule has 0 radical (unpaired) electrons. The summed E-state index contributed by atoms with van der Waals surface area (Å²) in [6.45, 7) is -0.600. The van der Waals surface area contributed by atoms with Crippen molar-refractivity contribution in [1.82, 2.24) is 0 Å². The lowest BCUT2D eigenvalue weighted by Crippen LogP contribution is -2.22. The van der Waals surface area contributed by atoms with E-state index in [0.29, 0.717) is 0 Å². The number of carbonyl (C=O) groups excluding carboxylic acids is 2. The van der Waals surface area contributed by atoms with Crippen LogP contribution in [0.15, 0.2) is 36.4 Å². The summed E-state index contributed by atoms with van der Waals surface area (Å²) in [6, 6.07) is 9.18. The monoisotopic (exact) mass is 359 g/mol. The fourth-order valence-electron chi connectivity index (χ4n) is 3.05. The molecule has 0 saturated heterocycles. The summed E-state index contributed by atoms with van der Waals surface area (Å²) in [6.07, 6.45) is 4.45. The summed E-state index contributed by atoms with van der Waals surface area (Å²) in [5, 5.41) is 2.07. The molecule has 2 aromatic rings. The molecule has 6 heteroatoms. The quantitative estimate of drug-likeness (QED) is 0.831. The van der Waals surface area contributed by atoms with Gasteiger partial charge < -0.3 is 10.1 Å². The van der Waals surface area contributed by atoms with Crippen LogP contribution < -0.4 is 5.32 Å². The molecule has 0 atom stereocenters. The maximum Gasteiger partial charge on any atom is 0.310 e. The number of ether oxygens (including phenoxy) is 1. The van der Waals surface area contributed by atoms with E-state index in [1.165, 1.54) is 23.6 Å². The molecule has 0 saturated carbocycles. The zero-order valence-corrected chi connectivity index (χ0v) is 14.2. The SMILES string of the molecule is O=C(COC(=O)Cc1ccc2c(c1)CCCC2)Nc1c(F)cccc1F. The van der Waals surface area contributed by atoms with Crippen molar-refractivity contribution in [3.05, 3.63) is 64.7 Å². The molecular weight excluding hydrogens is 340 g/mol. The van der Waals surface area contributed by atoms with E-state index in [4.69, 9.17) is 4.74 Å². The van der Waals surface area contributed by atoms with Gasteiger partial charge in [-0.3, -0.25) is 9.59 Å². The van der Waals surface area contributed by atoms with Crippen LogP contribution >= 0.6 is 0 Å². The molecule has 1 aliphatic carbocycles. The topological polar surface area (TPSA) is 55.4 Å². The number of fused-ring (bicyclic) bond motifs is 1. The number of halogens is 2. The Morgan fingerprint density at radius 3 is 2.42 bits per heavy atom. The van der Waals surface area contributed by atoms with Crippen LogP contribution in [0, 0.1) is 11.6 Å². The van der Waals surface area contributed by atoms with Gasteiger partial charge in [0.1, 0.15) is 17.3 Å². The maximum atomic E-state index is 13.5. The maximum absolute atomic E-state index is 13.5. The van der Waals surface area contributed by atoms with Gasteiger partial charge in [0.2, 0.25) is 0 Å². The molecule has 1 amide bonds. The first-order valence-electron chi connectivity index (χ1n) is 8.53. The van der Waals surface area contributed by atoms with Gasteiger partial charge in [-0.05, 0) is 54.5 Å². The van der Waals surface area contributed by atoms with Crippen LogP contribution in [0.1, 0.15) is 29.5 Å². The lowest BCUT2D eigenvalue weighted by molar-refractivity contribution is -0.146. The van der Waals surface area contributed by atoms with Gasteiger partial charge in [0.05, 0.1) is 6.42 Å². The van der Waals surface area contributed by atoms with E-state index in [1.807, 2.05) is 18.2 Å². The first-order chi connectivity index (χ1) is 12.5. The van der Waals surface area contributed by atoms with E-state index in [0.717, 1.165) is 37.0 Å². The fourth-order valence-corrected chi connectivity index (χ4v) is 3.05. The van der Waals surface area contributed by atoms with Crippen molar-refractivity contribution >= 4 is 17.6 Å². The van der Waals surface area contributed by atoms with E-state index in [9.17, 15) is 18.4 Å². The van der Waals surface area contributed by atoms with Crippen LogP contribution in [-0.4, -0.2) is 18.5 Å². The molecule has 3 rings (SSSR count). The fraction of sp³-hybridized carbons (Fsp3) is 0.300. The number of hydrogen-bond acceptors (Lipinski definition) is 3. The van der Waals surface area contributed by atoms with Crippen LogP contribution in [0.25, 0.3) is 0 Å². The Balaban J connectivity index is 1.51. The van der Waals surface area contributed by atoms with Crippen molar-refractivity contribution in [1.29, 1.82) is 0 Å². The highest BCUT2D eigenvalue weighted by atomic mass is 19.1. The molecule has 0 aliphatic heterocycles. The van der Waals surface area contributed by atoms with Crippen molar-refractivity contribution in [2.45, 2.75) is 32.1 Å². The predicted octanol–water partition coefficient (Wildman–Crippen LogP) is 3.57. The second-order valence-corrected chi connectivity index (χ2v) is 6.29. The van der Waals surface area contributed by atoms with Gasteiger partial charge in [-0.2, -0.15) is 0 Å². The molecule has 136 valence electrons. The minimum Gasteiger partial charge on any atom is -0.455 e. The van der Waals surface area contributed by atoms with Crippen molar-refractivity contribution in [3.8, 4) is 0 Å². The number of nitrogens with one attached hydrogen (secondary N) is 1. The predicted molar refractivity (Wildman–Crippen MR) is 92.7 cm³/mol. The molecule has 2 aromatic carbocycles. The Morgan fingerprint density at radius 1 is 1.00 bits per heavy atom. The molecule has 0 aromatic heterocycles. The normalized spacial score (nSPS) is 13.0. The molecule has 4 nitrogen and oxygen atoms in total. The zero-order chi connectivity index (χ0) is 18.5. The summed E-state index contributed by atoms with van der Waals surface area (Å²) in [4.78, 5) is 23.7. The van der Waals surface area contributed by atoms with Gasteiger partial charge in [-0.15, -0.1) is 0 Å². The third kappa shape index (κ3) is 4.45. The first-order valence-corrected chi connectivity index (χ1v) is 8.53. The molecule has 0 bridgehead atoms. The Bertz CT molecular complexity index is 816. The van der Waals surface area contributed by atoms with Crippen molar-refractivity contribution < 1.29 is 23.1 Å². The van der Waals surface area contributed by atoms with E-state index in [1.54, 1.807) is 0 Å². The molecule has 1 N–H and O–H groups in total. The Hall–Kier alpha value is -2.76. The number of amides is 1.